The van der Waals surface area contributed by atoms with Crippen LogP contribution in [0.1, 0.15) is 22.3 Å². The van der Waals surface area contributed by atoms with Gasteiger partial charge in [0.15, 0.2) is 0 Å². The van der Waals surface area contributed by atoms with Crippen molar-refractivity contribution in [3.8, 4) is 45.4 Å². The Labute approximate surface area is 333 Å². The van der Waals surface area contributed by atoms with Gasteiger partial charge in [0.2, 0.25) is 0 Å². The van der Waals surface area contributed by atoms with Crippen molar-refractivity contribution < 1.29 is 4.74 Å². The number of fused-ring (bicyclic) bond motifs is 15. The quantitative estimate of drug-likeness (QED) is 0.181. The fourth-order valence-electron chi connectivity index (χ4n) is 10.1. The normalized spacial score (nSPS) is 15.1. The maximum Gasteiger partial charge on any atom is 0.134 e. The number of pyridine rings is 2. The van der Waals surface area contributed by atoms with Crippen LogP contribution >= 0.6 is 0 Å². The Morgan fingerprint density at radius 1 is 0.379 bits per heavy atom. The molecule has 1 spiro atoms. The van der Waals surface area contributed by atoms with E-state index < -0.39 is 5.41 Å². The molecule has 13 rings (SSSR count). The van der Waals surface area contributed by atoms with Crippen LogP contribution in [0, 0.1) is 0 Å². The smallest absolute Gasteiger partial charge is 0.134 e. The van der Waals surface area contributed by atoms with E-state index >= 15 is 0 Å². The van der Waals surface area contributed by atoms with E-state index in [-0.39, 0.29) is 0 Å². The van der Waals surface area contributed by atoms with Crippen LogP contribution in [0.2, 0.25) is 0 Å². The van der Waals surface area contributed by atoms with Crippen molar-refractivity contribution in [2.75, 3.05) is 0 Å². The monoisotopic (exact) mass is 740 g/mol. The molecule has 0 bridgehead atoms. The van der Waals surface area contributed by atoms with Gasteiger partial charge in [-0.05, 0) is 77.9 Å². The van der Waals surface area contributed by atoms with Crippen molar-refractivity contribution in [2.24, 2.45) is 0 Å². The zero-order valence-electron chi connectivity index (χ0n) is 31.2. The predicted octanol–water partition coefficient (Wildman–Crippen LogP) is 12.8. The van der Waals surface area contributed by atoms with Gasteiger partial charge in [-0.2, -0.15) is 0 Å². The standard InChI is InChI=1S/C53H32N4O/c1-2-13-35(14-3-1)56-47-22-10-6-17-39(47)40-29-33(24-27-48(40)56)34-30-44-52(55-32-34)51-43(19-12-28-54-51)53(44)41-18-7-11-23-49(41)58-50-31-36(25-26-42(50)53)57-45-20-8-4-15-37(45)38-16-5-9-21-46(38)57/h1-32H. The molecule has 0 saturated heterocycles. The molecule has 1 aliphatic heterocycles. The third-order valence-corrected chi connectivity index (χ3v) is 12.5. The number of hydrogen-bond donors (Lipinski definition) is 0. The highest BCUT2D eigenvalue weighted by molar-refractivity contribution is 6.11. The molecule has 270 valence electrons. The van der Waals surface area contributed by atoms with E-state index in [4.69, 9.17) is 14.7 Å². The summed E-state index contributed by atoms with van der Waals surface area (Å²) in [5, 5.41) is 4.88. The Morgan fingerprint density at radius 2 is 0.983 bits per heavy atom. The van der Waals surface area contributed by atoms with Crippen molar-refractivity contribution >= 4 is 43.6 Å². The van der Waals surface area contributed by atoms with E-state index in [1.165, 1.54) is 32.6 Å². The molecule has 5 heteroatoms. The Bertz CT molecular complexity index is 3450. The van der Waals surface area contributed by atoms with Crippen molar-refractivity contribution in [1.29, 1.82) is 0 Å². The molecule has 0 N–H and O–H groups in total. The summed E-state index contributed by atoms with van der Waals surface area (Å²) in [5.41, 5.74) is 14.5. The second-order valence-electron chi connectivity index (χ2n) is 15.3. The van der Waals surface area contributed by atoms with Crippen LogP contribution < -0.4 is 4.74 Å². The van der Waals surface area contributed by atoms with Gasteiger partial charge in [0.05, 0.1) is 38.9 Å². The Hall–Kier alpha value is -7.76. The lowest BCUT2D eigenvalue weighted by molar-refractivity contribution is 0.436. The van der Waals surface area contributed by atoms with Crippen LogP contribution in [0.25, 0.3) is 77.5 Å². The molecule has 2 aliphatic rings. The summed E-state index contributed by atoms with van der Waals surface area (Å²) in [5.74, 6) is 1.65. The number of rotatable bonds is 3. The van der Waals surface area contributed by atoms with Gasteiger partial charge in [-0.3, -0.25) is 9.97 Å². The summed E-state index contributed by atoms with van der Waals surface area (Å²) in [6.45, 7) is 0. The lowest BCUT2D eigenvalue weighted by Gasteiger charge is -2.39. The Balaban J connectivity index is 1.05. The fourth-order valence-corrected chi connectivity index (χ4v) is 10.1. The number of nitrogens with zero attached hydrogens (tertiary/aromatic N) is 4. The Morgan fingerprint density at radius 3 is 1.76 bits per heavy atom. The second-order valence-corrected chi connectivity index (χ2v) is 15.3. The summed E-state index contributed by atoms with van der Waals surface area (Å²) >= 11 is 0. The van der Waals surface area contributed by atoms with Gasteiger partial charge >= 0.3 is 0 Å². The van der Waals surface area contributed by atoms with E-state index in [9.17, 15) is 0 Å². The van der Waals surface area contributed by atoms with E-state index in [0.29, 0.717) is 0 Å². The minimum atomic E-state index is -0.709. The van der Waals surface area contributed by atoms with Gasteiger partial charge in [0, 0.05) is 73.6 Å². The van der Waals surface area contributed by atoms with Crippen LogP contribution in [0.4, 0.5) is 0 Å². The second kappa shape index (κ2) is 11.6. The molecule has 0 radical (unpaired) electrons. The first-order valence-electron chi connectivity index (χ1n) is 19.7. The highest BCUT2D eigenvalue weighted by atomic mass is 16.5. The third kappa shape index (κ3) is 4.09. The maximum absolute atomic E-state index is 6.94. The molecule has 58 heavy (non-hydrogen) atoms. The van der Waals surface area contributed by atoms with Gasteiger partial charge in [0.25, 0.3) is 0 Å². The van der Waals surface area contributed by atoms with E-state index in [1.54, 1.807) is 0 Å². The first-order chi connectivity index (χ1) is 28.8. The fraction of sp³-hybridized carbons (Fsp3) is 0.0189. The number of para-hydroxylation sites is 5. The highest BCUT2D eigenvalue weighted by Gasteiger charge is 2.52. The SMILES string of the molecule is c1ccc(-n2c3ccccc3c3cc(-c4cnc5c(c4)C4(c6ccccc6Oc6cc(-n7c8ccccc8c8ccccc87)ccc64)c4cccnc4-5)ccc32)cc1. The summed E-state index contributed by atoms with van der Waals surface area (Å²) in [7, 11) is 0. The molecule has 1 unspecified atom stereocenters. The largest absolute Gasteiger partial charge is 0.457 e. The first-order valence-corrected chi connectivity index (χ1v) is 19.7. The van der Waals surface area contributed by atoms with Gasteiger partial charge in [0.1, 0.15) is 11.5 Å². The molecular formula is C53H32N4O. The van der Waals surface area contributed by atoms with Gasteiger partial charge in [-0.1, -0.05) is 109 Å². The van der Waals surface area contributed by atoms with Crippen LogP contribution in [0.3, 0.4) is 0 Å². The third-order valence-electron chi connectivity index (χ3n) is 12.5. The summed E-state index contributed by atoms with van der Waals surface area (Å²) in [4.78, 5) is 10.3. The van der Waals surface area contributed by atoms with E-state index in [2.05, 4.69) is 185 Å². The molecule has 4 aromatic heterocycles. The van der Waals surface area contributed by atoms with E-state index in [0.717, 1.165) is 78.7 Å². The van der Waals surface area contributed by atoms with E-state index in [1.807, 2.05) is 18.5 Å². The number of hydrogen-bond acceptors (Lipinski definition) is 3. The molecular weight excluding hydrogens is 709 g/mol. The minimum Gasteiger partial charge on any atom is -0.457 e. The molecule has 11 aromatic rings. The molecule has 7 aromatic carbocycles. The first kappa shape index (κ1) is 31.4. The van der Waals surface area contributed by atoms with Gasteiger partial charge in [-0.25, -0.2) is 0 Å². The number of ether oxygens (including phenoxy) is 1. The molecule has 0 fully saturated rings. The minimum absolute atomic E-state index is 0.709. The van der Waals surface area contributed by atoms with Gasteiger partial charge < -0.3 is 13.9 Å². The lowest BCUT2D eigenvalue weighted by atomic mass is 9.66. The van der Waals surface area contributed by atoms with Crippen molar-refractivity contribution in [3.63, 3.8) is 0 Å². The van der Waals surface area contributed by atoms with Crippen LogP contribution in [-0.2, 0) is 5.41 Å². The molecule has 1 atom stereocenters. The summed E-state index contributed by atoms with van der Waals surface area (Å²) < 4.78 is 11.7. The maximum atomic E-state index is 6.94. The molecule has 5 heterocycles. The molecule has 0 saturated carbocycles. The molecule has 1 aliphatic carbocycles. The topological polar surface area (TPSA) is 44.9 Å². The zero-order chi connectivity index (χ0) is 38.0. The van der Waals surface area contributed by atoms with Crippen molar-refractivity contribution in [3.05, 3.63) is 217 Å². The average molecular weight is 741 g/mol. The van der Waals surface area contributed by atoms with Crippen molar-refractivity contribution in [1.82, 2.24) is 19.1 Å². The van der Waals surface area contributed by atoms with Gasteiger partial charge in [-0.15, -0.1) is 0 Å². The van der Waals surface area contributed by atoms with Crippen LogP contribution in [0.5, 0.6) is 11.5 Å². The molecule has 0 amide bonds. The summed E-state index contributed by atoms with van der Waals surface area (Å²) in [6, 6.07) is 65.2. The van der Waals surface area contributed by atoms with Crippen molar-refractivity contribution in [2.45, 2.75) is 5.41 Å². The summed E-state index contributed by atoms with van der Waals surface area (Å²) in [6.07, 6.45) is 3.90. The van der Waals surface area contributed by atoms with Crippen LogP contribution in [0.15, 0.2) is 194 Å². The predicted molar refractivity (Wildman–Crippen MR) is 234 cm³/mol. The number of aromatic nitrogens is 4. The Kier molecular flexibility index (Phi) is 6.31. The molecule has 5 nitrogen and oxygen atoms in total. The zero-order valence-corrected chi connectivity index (χ0v) is 31.2. The average Bonchev–Trinajstić information content (AvgIpc) is 3.91. The van der Waals surface area contributed by atoms with Crippen LogP contribution in [-0.4, -0.2) is 19.1 Å². The number of benzene rings is 7. The lowest BCUT2D eigenvalue weighted by Crippen LogP contribution is -2.32. The highest BCUT2D eigenvalue weighted by Crippen LogP contribution is 2.61.